The van der Waals surface area contributed by atoms with Gasteiger partial charge in [-0.05, 0) is 24.6 Å². The van der Waals surface area contributed by atoms with Crippen LogP contribution < -0.4 is 15.8 Å². The molecule has 1 heterocycles. The molecule has 1 amide bonds. The first-order valence-electron chi connectivity index (χ1n) is 6.20. The lowest BCUT2D eigenvalue weighted by atomic mass is 10.2. The van der Waals surface area contributed by atoms with E-state index >= 15 is 0 Å². The van der Waals surface area contributed by atoms with E-state index < -0.39 is 15.8 Å². The number of carbonyl (C=O) groups excluding carboxylic acids is 1. The minimum atomic E-state index is -3.74. The van der Waals surface area contributed by atoms with Gasteiger partial charge >= 0.3 is 0 Å². The van der Waals surface area contributed by atoms with Crippen molar-refractivity contribution in [3.8, 4) is 0 Å². The highest BCUT2D eigenvalue weighted by Crippen LogP contribution is 2.15. The number of benzene rings is 1. The molecular weight excluding hydrogens is 285 g/mol. The Balaban J connectivity index is 2.08. The molecule has 1 aromatic rings. The van der Waals surface area contributed by atoms with Gasteiger partial charge in [0, 0.05) is 31.1 Å². The third-order valence-corrected chi connectivity index (χ3v) is 4.57. The van der Waals surface area contributed by atoms with Gasteiger partial charge in [0.1, 0.15) is 5.82 Å². The van der Waals surface area contributed by atoms with E-state index in [2.05, 4.69) is 10.0 Å². The Kier molecular flexibility index (Phi) is 4.36. The molecule has 4 N–H and O–H groups in total. The van der Waals surface area contributed by atoms with Crippen molar-refractivity contribution in [3.05, 3.63) is 29.6 Å². The maximum absolute atomic E-state index is 13.3. The van der Waals surface area contributed by atoms with Gasteiger partial charge in [-0.3, -0.25) is 4.79 Å². The summed E-state index contributed by atoms with van der Waals surface area (Å²) in [7, 11) is -3.74. The second-order valence-corrected chi connectivity index (χ2v) is 6.38. The summed E-state index contributed by atoms with van der Waals surface area (Å²) in [5, 5.41) is 2.66. The molecule has 0 aliphatic carbocycles. The van der Waals surface area contributed by atoms with Gasteiger partial charge < -0.3 is 11.1 Å². The summed E-state index contributed by atoms with van der Waals surface area (Å²) in [5.74, 6) is -0.615. The molecular formula is C12H16FN3O3S. The number of halogens is 1. The lowest BCUT2D eigenvalue weighted by Gasteiger charge is -2.12. The van der Waals surface area contributed by atoms with E-state index in [1.807, 2.05) is 0 Å². The molecule has 110 valence electrons. The van der Waals surface area contributed by atoms with Crippen molar-refractivity contribution in [2.75, 3.05) is 6.54 Å². The fraction of sp³-hybridized carbons (Fsp3) is 0.417. The Morgan fingerprint density at radius 1 is 1.45 bits per heavy atom. The van der Waals surface area contributed by atoms with Gasteiger partial charge in [-0.2, -0.15) is 0 Å². The maximum Gasteiger partial charge on any atom is 0.240 e. The van der Waals surface area contributed by atoms with E-state index in [-0.39, 0.29) is 35.5 Å². The number of nitrogens with two attached hydrogens (primary N) is 1. The molecule has 1 saturated heterocycles. The molecule has 0 bridgehead atoms. The predicted molar refractivity (Wildman–Crippen MR) is 70.6 cm³/mol. The molecule has 1 aromatic carbocycles. The van der Waals surface area contributed by atoms with E-state index in [0.29, 0.717) is 12.8 Å². The molecule has 0 spiro atoms. The Morgan fingerprint density at radius 3 is 2.80 bits per heavy atom. The average Bonchev–Trinajstić information content (AvgIpc) is 2.83. The van der Waals surface area contributed by atoms with Crippen LogP contribution in [-0.4, -0.2) is 26.9 Å². The van der Waals surface area contributed by atoms with Crippen molar-refractivity contribution in [2.45, 2.75) is 30.3 Å². The molecule has 0 aromatic heterocycles. The molecule has 1 fully saturated rings. The van der Waals surface area contributed by atoms with Crippen molar-refractivity contribution < 1.29 is 17.6 Å². The number of hydrogen-bond acceptors (Lipinski definition) is 4. The maximum atomic E-state index is 13.3. The van der Waals surface area contributed by atoms with Crippen LogP contribution in [0.4, 0.5) is 4.39 Å². The van der Waals surface area contributed by atoms with Crippen LogP contribution in [0.2, 0.25) is 0 Å². The summed E-state index contributed by atoms with van der Waals surface area (Å²) < 4.78 is 39.8. The van der Waals surface area contributed by atoms with Gasteiger partial charge in [0.25, 0.3) is 0 Å². The van der Waals surface area contributed by atoms with E-state index in [9.17, 15) is 17.6 Å². The van der Waals surface area contributed by atoms with Crippen LogP contribution in [0.1, 0.15) is 18.4 Å². The van der Waals surface area contributed by atoms with Crippen molar-refractivity contribution in [3.63, 3.8) is 0 Å². The van der Waals surface area contributed by atoms with Gasteiger partial charge in [-0.15, -0.1) is 0 Å². The van der Waals surface area contributed by atoms with Crippen molar-refractivity contribution in [2.24, 2.45) is 5.73 Å². The number of carbonyl (C=O) groups is 1. The lowest BCUT2D eigenvalue weighted by Crippen LogP contribution is -2.38. The van der Waals surface area contributed by atoms with Crippen LogP contribution >= 0.6 is 0 Å². The molecule has 0 saturated carbocycles. The molecule has 8 heteroatoms. The summed E-state index contributed by atoms with van der Waals surface area (Å²) in [6.07, 6.45) is 0.999. The van der Waals surface area contributed by atoms with Crippen LogP contribution in [0.15, 0.2) is 23.1 Å². The fourth-order valence-electron chi connectivity index (χ4n) is 2.00. The zero-order chi connectivity index (χ0) is 14.8. The van der Waals surface area contributed by atoms with E-state index in [1.54, 1.807) is 0 Å². The summed E-state index contributed by atoms with van der Waals surface area (Å²) in [6, 6.07) is 3.27. The van der Waals surface area contributed by atoms with Gasteiger partial charge in [-0.25, -0.2) is 17.5 Å². The molecule has 1 aliphatic rings. The largest absolute Gasteiger partial charge is 0.352 e. The van der Waals surface area contributed by atoms with Crippen LogP contribution in [0.25, 0.3) is 0 Å². The Bertz CT molecular complexity index is 618. The smallest absolute Gasteiger partial charge is 0.240 e. The second kappa shape index (κ2) is 5.86. The van der Waals surface area contributed by atoms with Crippen molar-refractivity contribution in [1.29, 1.82) is 0 Å². The minimum absolute atomic E-state index is 0.0383. The van der Waals surface area contributed by atoms with E-state index in [1.165, 1.54) is 12.1 Å². The van der Waals surface area contributed by atoms with E-state index in [0.717, 1.165) is 6.07 Å². The summed E-state index contributed by atoms with van der Waals surface area (Å²) >= 11 is 0. The topological polar surface area (TPSA) is 101 Å². The second-order valence-electron chi connectivity index (χ2n) is 4.61. The first-order valence-corrected chi connectivity index (χ1v) is 7.68. The van der Waals surface area contributed by atoms with Crippen LogP contribution in [0.5, 0.6) is 0 Å². The molecule has 6 nitrogen and oxygen atoms in total. The number of amides is 1. The molecule has 2 rings (SSSR count). The van der Waals surface area contributed by atoms with Gasteiger partial charge in [-0.1, -0.05) is 0 Å². The Labute approximate surface area is 116 Å². The summed E-state index contributed by atoms with van der Waals surface area (Å²) in [4.78, 5) is 11.0. The van der Waals surface area contributed by atoms with Crippen LogP contribution in [0, 0.1) is 5.82 Å². The highest BCUT2D eigenvalue weighted by atomic mass is 32.2. The highest BCUT2D eigenvalue weighted by molar-refractivity contribution is 7.89. The monoisotopic (exact) mass is 301 g/mol. The van der Waals surface area contributed by atoms with Crippen LogP contribution in [-0.2, 0) is 21.4 Å². The standard InChI is InChI=1S/C12H16FN3O3S/c13-11-3-2-10(5-8(11)6-14)20(18,19)15-7-9-1-4-12(17)16-9/h2-3,5,9,15H,1,4,6-7,14H2,(H,16,17). The third kappa shape index (κ3) is 3.33. The average molecular weight is 301 g/mol. The summed E-state index contributed by atoms with van der Waals surface area (Å²) in [5.41, 5.74) is 5.49. The first-order chi connectivity index (χ1) is 9.42. The van der Waals surface area contributed by atoms with Gasteiger partial charge in [0.2, 0.25) is 15.9 Å². The zero-order valence-electron chi connectivity index (χ0n) is 10.7. The van der Waals surface area contributed by atoms with E-state index in [4.69, 9.17) is 5.73 Å². The van der Waals surface area contributed by atoms with Crippen LogP contribution in [0.3, 0.4) is 0 Å². The zero-order valence-corrected chi connectivity index (χ0v) is 11.5. The third-order valence-electron chi connectivity index (χ3n) is 3.15. The highest BCUT2D eigenvalue weighted by Gasteiger charge is 2.23. The SMILES string of the molecule is NCc1cc(S(=O)(=O)NCC2CCC(=O)N2)ccc1F. The first kappa shape index (κ1) is 14.9. The molecule has 0 radical (unpaired) electrons. The summed E-state index contributed by atoms with van der Waals surface area (Å²) in [6.45, 7) is 0.0390. The Morgan fingerprint density at radius 2 is 2.20 bits per heavy atom. The Hall–Kier alpha value is -1.51. The number of nitrogens with one attached hydrogen (secondary N) is 2. The molecule has 20 heavy (non-hydrogen) atoms. The number of hydrogen-bond donors (Lipinski definition) is 3. The van der Waals surface area contributed by atoms with Gasteiger partial charge in [0.05, 0.1) is 4.90 Å². The predicted octanol–water partition coefficient (Wildman–Crippen LogP) is -0.159. The van der Waals surface area contributed by atoms with Gasteiger partial charge in [0.15, 0.2) is 0 Å². The molecule has 1 aliphatic heterocycles. The molecule has 1 atom stereocenters. The lowest BCUT2D eigenvalue weighted by molar-refractivity contribution is -0.119. The molecule has 1 unspecified atom stereocenters. The number of rotatable bonds is 5. The quantitative estimate of drug-likeness (QED) is 0.703. The van der Waals surface area contributed by atoms with Crippen molar-refractivity contribution >= 4 is 15.9 Å². The fourth-order valence-corrected chi connectivity index (χ4v) is 3.13. The van der Waals surface area contributed by atoms with Crippen molar-refractivity contribution in [1.82, 2.24) is 10.0 Å². The normalized spacial score (nSPS) is 19.1. The number of sulfonamides is 1. The minimum Gasteiger partial charge on any atom is -0.352 e.